The summed E-state index contributed by atoms with van der Waals surface area (Å²) in [5.41, 5.74) is 1.25. The molecule has 0 fully saturated rings. The highest BCUT2D eigenvalue weighted by molar-refractivity contribution is 6.04. The van der Waals surface area contributed by atoms with Crippen LogP contribution in [0.4, 0.5) is 18.9 Å². The first-order valence-corrected chi connectivity index (χ1v) is 7.68. The molecule has 0 unspecified atom stereocenters. The van der Waals surface area contributed by atoms with Crippen molar-refractivity contribution in [2.24, 2.45) is 0 Å². The minimum Gasteiger partial charge on any atom is -0.405 e. The minimum absolute atomic E-state index is 0.138. The largest absolute Gasteiger partial charge is 0.573 e. The normalized spacial score (nSPS) is 11.1. The molecular formula is C18H13F3N4O2. The molecule has 3 N–H and O–H groups in total. The van der Waals surface area contributed by atoms with E-state index in [0.717, 1.165) is 0 Å². The summed E-state index contributed by atoms with van der Waals surface area (Å²) in [5.74, 6) is -0.674. The van der Waals surface area contributed by atoms with E-state index in [1.807, 2.05) is 0 Å². The van der Waals surface area contributed by atoms with Gasteiger partial charge in [0.15, 0.2) is 5.96 Å². The number of fused-ring (bicyclic) bond motifs is 1. The molecule has 0 radical (unpaired) electrons. The lowest BCUT2D eigenvalue weighted by Crippen LogP contribution is -2.28. The first kappa shape index (κ1) is 18.2. The number of hydrogen-bond donors (Lipinski definition) is 3. The molecule has 0 atom stereocenters. The van der Waals surface area contributed by atoms with Crippen molar-refractivity contribution < 1.29 is 22.7 Å². The van der Waals surface area contributed by atoms with Gasteiger partial charge in [0.25, 0.3) is 0 Å². The Balaban J connectivity index is 2.13. The number of nitrogens with one attached hydrogen (secondary N) is 3. The number of guanidine groups is 1. The van der Waals surface area contributed by atoms with Crippen LogP contribution in [0.3, 0.4) is 0 Å². The molecule has 0 aliphatic heterocycles. The summed E-state index contributed by atoms with van der Waals surface area (Å²) < 4.78 is 42.2. The van der Waals surface area contributed by atoms with Gasteiger partial charge >= 0.3 is 6.36 Å². The zero-order valence-electron chi connectivity index (χ0n) is 13.7. The number of halogens is 3. The van der Waals surface area contributed by atoms with Crippen LogP contribution in [-0.2, 0) is 4.79 Å². The average Bonchev–Trinajstić information content (AvgIpc) is 2.61. The highest BCUT2D eigenvalue weighted by Crippen LogP contribution is 2.35. The van der Waals surface area contributed by atoms with Crippen molar-refractivity contribution in [3.8, 4) is 17.0 Å². The summed E-state index contributed by atoms with van der Waals surface area (Å²) in [6, 6.07) is 14.0. The number of benzene rings is 2. The topological polar surface area (TPSA) is 87.1 Å². The maximum atomic E-state index is 12.7. The van der Waals surface area contributed by atoms with E-state index in [1.54, 1.807) is 30.3 Å². The van der Waals surface area contributed by atoms with Crippen LogP contribution in [0.2, 0.25) is 0 Å². The van der Waals surface area contributed by atoms with Crippen molar-refractivity contribution in [2.45, 2.75) is 6.36 Å². The number of rotatable bonds is 4. The van der Waals surface area contributed by atoms with Crippen LogP contribution in [0.25, 0.3) is 22.2 Å². The minimum atomic E-state index is -4.84. The number of ether oxygens (including phenoxy) is 1. The Kier molecular flexibility index (Phi) is 4.93. The van der Waals surface area contributed by atoms with Gasteiger partial charge in [0.05, 0.1) is 16.9 Å². The van der Waals surface area contributed by atoms with Gasteiger partial charge < -0.3 is 10.1 Å². The standard InChI is InChI=1S/C18H13F3N4O2/c19-18(20,21)27-16-8-4-2-6-12(16)15-9-14(25-17(22)23-10-26)11-5-1-3-7-13(11)24-15/h1-10H,(H3,22,23,24,25,26). The molecule has 0 bridgehead atoms. The molecule has 27 heavy (non-hydrogen) atoms. The van der Waals surface area contributed by atoms with Gasteiger partial charge in [-0.05, 0) is 24.3 Å². The van der Waals surface area contributed by atoms with Gasteiger partial charge in [-0.25, -0.2) is 4.98 Å². The number of anilines is 1. The molecule has 6 nitrogen and oxygen atoms in total. The van der Waals surface area contributed by atoms with Crippen molar-refractivity contribution >= 4 is 29.0 Å². The number of carbonyl (C=O) groups excluding carboxylic acids is 1. The molecule has 0 aliphatic carbocycles. The molecule has 0 aliphatic rings. The highest BCUT2D eigenvalue weighted by atomic mass is 19.4. The first-order chi connectivity index (χ1) is 12.9. The predicted molar refractivity (Wildman–Crippen MR) is 94.4 cm³/mol. The van der Waals surface area contributed by atoms with Crippen LogP contribution < -0.4 is 15.4 Å². The molecule has 1 heterocycles. The summed E-state index contributed by atoms with van der Waals surface area (Å²) in [4.78, 5) is 14.9. The molecule has 1 aromatic heterocycles. The van der Waals surface area contributed by atoms with Gasteiger partial charge in [0.1, 0.15) is 5.75 Å². The molecular weight excluding hydrogens is 361 g/mol. The van der Waals surface area contributed by atoms with E-state index in [2.05, 4.69) is 20.4 Å². The van der Waals surface area contributed by atoms with E-state index >= 15 is 0 Å². The number of amides is 1. The van der Waals surface area contributed by atoms with Gasteiger partial charge in [0.2, 0.25) is 6.41 Å². The molecule has 2 aromatic carbocycles. The summed E-state index contributed by atoms with van der Waals surface area (Å²) >= 11 is 0. The molecule has 1 amide bonds. The van der Waals surface area contributed by atoms with Crippen molar-refractivity contribution in [3.05, 3.63) is 54.6 Å². The highest BCUT2D eigenvalue weighted by Gasteiger charge is 2.32. The van der Waals surface area contributed by atoms with Crippen molar-refractivity contribution in [1.82, 2.24) is 10.3 Å². The Morgan fingerprint density at radius 3 is 2.56 bits per heavy atom. The van der Waals surface area contributed by atoms with E-state index in [-0.39, 0.29) is 23.0 Å². The second-order valence-corrected chi connectivity index (χ2v) is 5.38. The number of alkyl halides is 3. The van der Waals surface area contributed by atoms with E-state index in [9.17, 15) is 18.0 Å². The molecule has 0 spiro atoms. The second kappa shape index (κ2) is 7.32. The van der Waals surface area contributed by atoms with Gasteiger partial charge in [-0.1, -0.05) is 30.3 Å². The van der Waals surface area contributed by atoms with Gasteiger partial charge in [0, 0.05) is 10.9 Å². The number of nitrogens with zero attached hydrogens (tertiary/aromatic N) is 1. The Labute approximate surface area is 151 Å². The second-order valence-electron chi connectivity index (χ2n) is 5.38. The molecule has 0 saturated carbocycles. The number of hydrogen-bond acceptors (Lipinski definition) is 4. The Bertz CT molecular complexity index is 1010. The first-order valence-electron chi connectivity index (χ1n) is 7.68. The third-order valence-electron chi connectivity index (χ3n) is 3.57. The van der Waals surface area contributed by atoms with Crippen LogP contribution >= 0.6 is 0 Å². The zero-order chi connectivity index (χ0) is 19.4. The van der Waals surface area contributed by atoms with Gasteiger partial charge in [-0.2, -0.15) is 0 Å². The summed E-state index contributed by atoms with van der Waals surface area (Å²) in [6.07, 6.45) is -4.50. The van der Waals surface area contributed by atoms with E-state index in [4.69, 9.17) is 5.41 Å². The van der Waals surface area contributed by atoms with Crippen LogP contribution in [0.15, 0.2) is 54.6 Å². The fraction of sp³-hybridized carbons (Fsp3) is 0.0556. The Morgan fingerprint density at radius 1 is 1.11 bits per heavy atom. The monoisotopic (exact) mass is 374 g/mol. The van der Waals surface area contributed by atoms with Crippen LogP contribution in [0, 0.1) is 5.41 Å². The average molecular weight is 374 g/mol. The molecule has 3 rings (SSSR count). The number of carbonyl (C=O) groups is 1. The molecule has 0 saturated heterocycles. The lowest BCUT2D eigenvalue weighted by atomic mass is 10.1. The van der Waals surface area contributed by atoms with E-state index in [0.29, 0.717) is 23.0 Å². The maximum Gasteiger partial charge on any atom is 0.573 e. The maximum absolute atomic E-state index is 12.7. The van der Waals surface area contributed by atoms with Gasteiger partial charge in [-0.15, -0.1) is 13.2 Å². The van der Waals surface area contributed by atoms with Crippen molar-refractivity contribution in [3.63, 3.8) is 0 Å². The fourth-order valence-electron chi connectivity index (χ4n) is 2.54. The summed E-state index contributed by atoms with van der Waals surface area (Å²) in [5, 5.41) is 13.2. The van der Waals surface area contributed by atoms with Crippen molar-refractivity contribution in [2.75, 3.05) is 5.32 Å². The fourth-order valence-corrected chi connectivity index (χ4v) is 2.54. The smallest absolute Gasteiger partial charge is 0.405 e. The third-order valence-corrected chi connectivity index (χ3v) is 3.57. The predicted octanol–water partition coefficient (Wildman–Crippen LogP) is 3.89. The Morgan fingerprint density at radius 2 is 1.81 bits per heavy atom. The third kappa shape index (κ3) is 4.32. The van der Waals surface area contributed by atoms with Crippen LogP contribution in [-0.4, -0.2) is 23.7 Å². The number of para-hydroxylation sites is 2. The molecule has 3 aromatic rings. The zero-order valence-corrected chi connectivity index (χ0v) is 13.7. The van der Waals surface area contributed by atoms with Crippen LogP contribution in [0.1, 0.15) is 0 Å². The van der Waals surface area contributed by atoms with Gasteiger partial charge in [-0.3, -0.25) is 15.5 Å². The van der Waals surface area contributed by atoms with Crippen LogP contribution in [0.5, 0.6) is 5.75 Å². The summed E-state index contributed by atoms with van der Waals surface area (Å²) in [7, 11) is 0. The Hall–Kier alpha value is -3.62. The lowest BCUT2D eigenvalue weighted by molar-refractivity contribution is -0.274. The number of aromatic nitrogens is 1. The SMILES string of the molecule is N=C(NC=O)Nc1cc(-c2ccccc2OC(F)(F)F)nc2ccccc12. The number of pyridine rings is 1. The lowest BCUT2D eigenvalue weighted by Gasteiger charge is -2.15. The van der Waals surface area contributed by atoms with E-state index < -0.39 is 6.36 Å². The summed E-state index contributed by atoms with van der Waals surface area (Å²) in [6.45, 7) is 0. The quantitative estimate of drug-likeness (QED) is 0.367. The van der Waals surface area contributed by atoms with E-state index in [1.165, 1.54) is 24.3 Å². The molecule has 9 heteroatoms. The molecule has 138 valence electrons. The van der Waals surface area contributed by atoms with Crippen molar-refractivity contribution in [1.29, 1.82) is 5.41 Å².